The van der Waals surface area contributed by atoms with Gasteiger partial charge in [-0.25, -0.2) is 0 Å². The molecule has 9 nitrogen and oxygen atoms in total. The van der Waals surface area contributed by atoms with E-state index in [1.807, 2.05) is 65.4 Å². The van der Waals surface area contributed by atoms with E-state index in [0.29, 0.717) is 0 Å². The predicted octanol–water partition coefficient (Wildman–Crippen LogP) is 1.12. The van der Waals surface area contributed by atoms with Crippen LogP contribution >= 0.6 is 22.7 Å². The number of hydrogen-bond acceptors (Lipinski definition) is 7. The highest BCUT2D eigenvalue weighted by Gasteiger charge is 2.30. The Morgan fingerprint density at radius 1 is 0.703 bits per heavy atom. The van der Waals surface area contributed by atoms with Crippen molar-refractivity contribution in [3.05, 3.63) is 80.7 Å². The molecule has 0 fully saturated rings. The molecule has 0 saturated heterocycles. The zero-order valence-electron chi connectivity index (χ0n) is 20.4. The third kappa shape index (κ3) is 8.81. The van der Waals surface area contributed by atoms with Crippen molar-refractivity contribution >= 4 is 46.3 Å². The lowest BCUT2D eigenvalue weighted by Gasteiger charge is -2.25. The van der Waals surface area contributed by atoms with E-state index in [9.17, 15) is 19.2 Å². The van der Waals surface area contributed by atoms with E-state index < -0.39 is 47.8 Å². The summed E-state index contributed by atoms with van der Waals surface area (Å²) in [4.78, 5) is 52.9. The summed E-state index contributed by atoms with van der Waals surface area (Å²) in [6.45, 7) is 1.53. The van der Waals surface area contributed by atoms with Crippen LogP contribution in [0, 0.1) is 0 Å². The maximum absolute atomic E-state index is 13.4. The number of carbonyl (C=O) groups excluding carboxylic acids is 4. The smallest absolute Gasteiger partial charge is 0.243 e. The molecule has 4 atom stereocenters. The van der Waals surface area contributed by atoms with Crippen molar-refractivity contribution in [1.82, 2.24) is 16.0 Å². The molecule has 37 heavy (non-hydrogen) atoms. The van der Waals surface area contributed by atoms with Gasteiger partial charge in [-0.3, -0.25) is 19.2 Å². The van der Waals surface area contributed by atoms with Crippen LogP contribution in [0.2, 0.25) is 0 Å². The van der Waals surface area contributed by atoms with Gasteiger partial charge in [0.1, 0.15) is 18.1 Å². The number of nitrogens with one attached hydrogen (secondary N) is 3. The Kier molecular flexibility index (Phi) is 10.4. The summed E-state index contributed by atoms with van der Waals surface area (Å²) in [5.74, 6) is -2.24. The van der Waals surface area contributed by atoms with Crippen molar-refractivity contribution in [3.8, 4) is 0 Å². The first-order valence-corrected chi connectivity index (χ1v) is 13.5. The van der Waals surface area contributed by atoms with Gasteiger partial charge >= 0.3 is 0 Å². The summed E-state index contributed by atoms with van der Waals surface area (Å²) in [6, 6.07) is 12.9. The molecule has 0 spiro atoms. The minimum atomic E-state index is -1.02. The first-order chi connectivity index (χ1) is 17.7. The van der Waals surface area contributed by atoms with E-state index in [2.05, 4.69) is 16.0 Å². The molecule has 0 bridgehead atoms. The number of thiophene rings is 2. The molecule has 1 aromatic carbocycles. The topological polar surface area (TPSA) is 156 Å². The molecule has 0 radical (unpaired) electrons. The Labute approximate surface area is 223 Å². The minimum absolute atomic E-state index is 0.176. The molecule has 0 saturated carbocycles. The van der Waals surface area contributed by atoms with Crippen molar-refractivity contribution in [2.45, 2.75) is 50.4 Å². The molecule has 0 aliphatic heterocycles. The van der Waals surface area contributed by atoms with Crippen LogP contribution in [0.4, 0.5) is 0 Å². The molecular formula is C26H31N5O4S2. The van der Waals surface area contributed by atoms with Gasteiger partial charge in [0.25, 0.3) is 0 Å². The average Bonchev–Trinajstić information content (AvgIpc) is 3.57. The quantitative estimate of drug-likeness (QED) is 0.219. The first-order valence-electron chi connectivity index (χ1n) is 11.8. The number of rotatable bonds is 13. The van der Waals surface area contributed by atoms with Gasteiger partial charge in [0, 0.05) is 29.0 Å². The number of benzene rings is 1. The number of primary amides is 1. The number of nitrogens with two attached hydrogens (primary N) is 2. The maximum atomic E-state index is 13.4. The molecule has 0 aliphatic rings. The van der Waals surface area contributed by atoms with Crippen molar-refractivity contribution in [2.24, 2.45) is 11.5 Å². The fraction of sp³-hybridized carbons (Fsp3) is 0.308. The van der Waals surface area contributed by atoms with Crippen LogP contribution in [0.1, 0.15) is 22.2 Å². The normalized spacial score (nSPS) is 14.1. The molecule has 2 heterocycles. The Morgan fingerprint density at radius 2 is 1.19 bits per heavy atom. The summed E-state index contributed by atoms with van der Waals surface area (Å²) in [7, 11) is 0. The lowest BCUT2D eigenvalue weighted by Crippen LogP contribution is -2.58. The molecule has 11 heteroatoms. The molecule has 196 valence electrons. The summed E-state index contributed by atoms with van der Waals surface area (Å²) < 4.78 is 0. The highest BCUT2D eigenvalue weighted by atomic mass is 32.1. The van der Waals surface area contributed by atoms with Gasteiger partial charge in [0.05, 0.1) is 6.04 Å². The lowest BCUT2D eigenvalue weighted by molar-refractivity contribution is -0.133. The van der Waals surface area contributed by atoms with E-state index >= 15 is 0 Å². The Hall–Kier alpha value is -3.54. The van der Waals surface area contributed by atoms with Crippen LogP contribution in [-0.4, -0.2) is 47.8 Å². The van der Waals surface area contributed by atoms with Crippen LogP contribution in [0.25, 0.3) is 0 Å². The van der Waals surface area contributed by atoms with E-state index in [1.54, 1.807) is 0 Å². The van der Waals surface area contributed by atoms with Gasteiger partial charge in [-0.15, -0.1) is 22.7 Å². The summed E-state index contributed by atoms with van der Waals surface area (Å²) in [5, 5.41) is 11.9. The van der Waals surface area contributed by atoms with Crippen LogP contribution < -0.4 is 27.4 Å². The number of carbonyl (C=O) groups is 4. The van der Waals surface area contributed by atoms with E-state index in [4.69, 9.17) is 11.5 Å². The summed E-state index contributed by atoms with van der Waals surface area (Å²) in [5.41, 5.74) is 12.1. The SMILES string of the molecule is C[C@H](N)C(=O)N[C@@H](Cc1cccs1)C(=O)N[C@H](Cc1ccccc1)C(=O)N[C@@H](Cc1cccs1)C(N)=O. The summed E-state index contributed by atoms with van der Waals surface area (Å²) >= 11 is 2.91. The lowest BCUT2D eigenvalue weighted by atomic mass is 10.0. The predicted molar refractivity (Wildman–Crippen MR) is 145 cm³/mol. The standard InChI is InChI=1S/C26H31N5O4S2/c1-16(27)24(33)30-22(15-19-10-6-12-37-19)26(35)31-21(13-17-7-3-2-4-8-17)25(34)29-20(23(28)32)14-18-9-5-11-36-18/h2-12,16,20-22H,13-15,27H2,1H3,(H2,28,32)(H,29,34)(H,30,33)(H,31,35)/t16-,20-,21+,22-/m0/s1. The molecule has 4 amide bonds. The zero-order valence-corrected chi connectivity index (χ0v) is 22.0. The fourth-order valence-corrected chi connectivity index (χ4v) is 5.10. The number of hydrogen-bond donors (Lipinski definition) is 5. The van der Waals surface area contributed by atoms with Crippen molar-refractivity contribution < 1.29 is 19.2 Å². The third-order valence-electron chi connectivity index (χ3n) is 5.59. The van der Waals surface area contributed by atoms with Crippen LogP contribution in [0.15, 0.2) is 65.4 Å². The van der Waals surface area contributed by atoms with E-state index in [-0.39, 0.29) is 19.3 Å². The zero-order chi connectivity index (χ0) is 26.8. The Balaban J connectivity index is 1.80. The second-order valence-electron chi connectivity index (χ2n) is 8.63. The molecule has 0 unspecified atom stereocenters. The van der Waals surface area contributed by atoms with Crippen LogP contribution in [0.3, 0.4) is 0 Å². The van der Waals surface area contributed by atoms with Gasteiger partial charge in [0.15, 0.2) is 0 Å². The molecule has 3 aromatic rings. The summed E-state index contributed by atoms with van der Waals surface area (Å²) in [6.07, 6.45) is 0.663. The van der Waals surface area contributed by atoms with Crippen LogP contribution in [-0.2, 0) is 38.4 Å². The monoisotopic (exact) mass is 541 g/mol. The Bertz CT molecular complexity index is 1170. The second-order valence-corrected chi connectivity index (χ2v) is 10.7. The van der Waals surface area contributed by atoms with Gasteiger partial charge in [0.2, 0.25) is 23.6 Å². The second kappa shape index (κ2) is 13.7. The van der Waals surface area contributed by atoms with Gasteiger partial charge in [-0.2, -0.15) is 0 Å². The highest BCUT2D eigenvalue weighted by Crippen LogP contribution is 2.14. The molecule has 0 aliphatic carbocycles. The molecule has 2 aromatic heterocycles. The maximum Gasteiger partial charge on any atom is 0.243 e. The Morgan fingerprint density at radius 3 is 1.68 bits per heavy atom. The largest absolute Gasteiger partial charge is 0.368 e. The van der Waals surface area contributed by atoms with Crippen molar-refractivity contribution in [3.63, 3.8) is 0 Å². The fourth-order valence-electron chi connectivity index (χ4n) is 3.60. The van der Waals surface area contributed by atoms with Crippen molar-refractivity contribution in [2.75, 3.05) is 0 Å². The van der Waals surface area contributed by atoms with Crippen molar-refractivity contribution in [1.29, 1.82) is 0 Å². The highest BCUT2D eigenvalue weighted by molar-refractivity contribution is 7.10. The van der Waals surface area contributed by atoms with Gasteiger partial charge < -0.3 is 27.4 Å². The van der Waals surface area contributed by atoms with Gasteiger partial charge in [-0.1, -0.05) is 42.5 Å². The molecule has 3 rings (SSSR count). The molecular weight excluding hydrogens is 510 g/mol. The number of amides is 4. The first kappa shape index (κ1) is 28.0. The molecule has 7 N–H and O–H groups in total. The van der Waals surface area contributed by atoms with E-state index in [0.717, 1.165) is 15.3 Å². The average molecular weight is 542 g/mol. The van der Waals surface area contributed by atoms with E-state index in [1.165, 1.54) is 29.6 Å². The third-order valence-corrected chi connectivity index (χ3v) is 7.39. The minimum Gasteiger partial charge on any atom is -0.368 e. The van der Waals surface area contributed by atoms with Crippen LogP contribution in [0.5, 0.6) is 0 Å². The van der Waals surface area contributed by atoms with Gasteiger partial charge in [-0.05, 0) is 35.4 Å².